The molecule has 4 N–H and O–H groups in total. The summed E-state index contributed by atoms with van der Waals surface area (Å²) in [7, 11) is -9.69. The largest absolute Gasteiger partial charge is 0.472 e. The van der Waals surface area contributed by atoms with Crippen LogP contribution < -0.4 is 0 Å². The highest BCUT2D eigenvalue weighted by Gasteiger charge is 2.36. The van der Waals surface area contributed by atoms with Crippen LogP contribution in [0.1, 0.15) is 155 Å². The second kappa shape index (κ2) is 34.7. The molecule has 0 saturated carbocycles. The third-order valence-corrected chi connectivity index (χ3v) is 10.5. The molecule has 0 aromatic heterocycles. The maximum Gasteiger partial charge on any atom is 0.472 e. The first-order valence-corrected chi connectivity index (χ1v) is 24.5. The molecule has 0 radical (unpaired) electrons. The number of phosphoric acid groups is 2. The lowest BCUT2D eigenvalue weighted by molar-refractivity contribution is -0.161. The normalized spacial score (nSPS) is 18.0. The molecule has 0 spiro atoms. The molecule has 1 rings (SSSR count). The number of carbonyl (C=O) groups excluding carboxylic acids is 2. The van der Waals surface area contributed by atoms with Gasteiger partial charge in [0.05, 0.1) is 32.0 Å². The van der Waals surface area contributed by atoms with Crippen molar-refractivity contribution in [2.24, 2.45) is 0 Å². The van der Waals surface area contributed by atoms with Gasteiger partial charge in [0.15, 0.2) is 6.10 Å². The van der Waals surface area contributed by atoms with E-state index in [4.69, 9.17) is 28.5 Å². The van der Waals surface area contributed by atoms with E-state index in [-0.39, 0.29) is 12.8 Å². The summed E-state index contributed by atoms with van der Waals surface area (Å²) in [5.41, 5.74) is 0. The van der Waals surface area contributed by atoms with Crippen LogP contribution in [0.4, 0.5) is 0 Å². The maximum absolute atomic E-state index is 12.6. The Balaban J connectivity index is 2.41. The number of aliphatic hydroxyl groups is 1. The number of hydrogen-bond acceptors (Lipinski definition) is 11. The number of carbonyl (C=O) groups is 2. The molecule has 1 aliphatic heterocycles. The zero-order valence-corrected chi connectivity index (χ0v) is 36.9. The molecule has 0 bridgehead atoms. The van der Waals surface area contributed by atoms with Crippen molar-refractivity contribution in [3.8, 4) is 0 Å². The number of hydrogen-bond donors (Lipinski definition) is 4. The van der Waals surface area contributed by atoms with Crippen molar-refractivity contribution in [2.45, 2.75) is 180 Å². The Hall–Kier alpha value is -1.96. The fraction of sp³-hybridized carbons (Fsp3) is 0.762. The van der Waals surface area contributed by atoms with Gasteiger partial charge in [-0.05, 0) is 77.0 Å². The number of esters is 2. The zero-order chi connectivity index (χ0) is 42.7. The van der Waals surface area contributed by atoms with Gasteiger partial charge in [0, 0.05) is 12.8 Å². The van der Waals surface area contributed by atoms with Crippen LogP contribution in [-0.2, 0) is 46.5 Å². The molecule has 1 saturated heterocycles. The molecule has 336 valence electrons. The minimum atomic E-state index is -4.87. The van der Waals surface area contributed by atoms with E-state index in [0.29, 0.717) is 31.5 Å². The third kappa shape index (κ3) is 34.9. The van der Waals surface area contributed by atoms with Crippen molar-refractivity contribution in [2.75, 3.05) is 26.4 Å². The van der Waals surface area contributed by atoms with Crippen LogP contribution in [0.5, 0.6) is 0 Å². The van der Waals surface area contributed by atoms with Crippen LogP contribution in [-0.4, -0.2) is 82.6 Å². The number of phosphoric ester groups is 2. The van der Waals surface area contributed by atoms with E-state index < -0.39 is 66.2 Å². The monoisotopic (exact) mass is 864 g/mol. The summed E-state index contributed by atoms with van der Waals surface area (Å²) < 4.78 is 53.4. The summed E-state index contributed by atoms with van der Waals surface area (Å²) in [4.78, 5) is 52.6. The summed E-state index contributed by atoms with van der Waals surface area (Å²) in [6.07, 6.45) is 35.7. The number of unbranched alkanes of at least 4 members (excludes halogenated alkanes) is 13. The van der Waals surface area contributed by atoms with Crippen molar-refractivity contribution in [3.05, 3.63) is 48.6 Å². The SMILES string of the molecule is CCCCC/C=C\CC1OC1C/C=C\C/C=C\CCCC(=O)OC[C@H](COP(=O)(O)OC[C@@H](O)COP(=O)(O)O)OC(=O)CCCCCCC/C=C\CCCCCC. The number of aliphatic hydroxyl groups excluding tert-OH is 1. The molecule has 58 heavy (non-hydrogen) atoms. The number of allylic oxidation sites excluding steroid dienone is 6. The third-order valence-electron chi connectivity index (χ3n) is 9.08. The number of epoxide rings is 1. The van der Waals surface area contributed by atoms with Crippen molar-refractivity contribution >= 4 is 27.6 Å². The van der Waals surface area contributed by atoms with E-state index in [1.807, 2.05) is 12.2 Å². The maximum atomic E-state index is 12.6. The number of ether oxygens (including phenoxy) is 3. The average Bonchev–Trinajstić information content (AvgIpc) is 3.94. The molecule has 1 heterocycles. The van der Waals surface area contributed by atoms with Crippen LogP contribution in [0.3, 0.4) is 0 Å². The molecule has 0 aromatic rings. The van der Waals surface area contributed by atoms with Crippen molar-refractivity contribution in [1.82, 2.24) is 0 Å². The van der Waals surface area contributed by atoms with Crippen molar-refractivity contribution in [1.29, 1.82) is 0 Å². The van der Waals surface area contributed by atoms with Gasteiger partial charge in [-0.2, -0.15) is 0 Å². The van der Waals surface area contributed by atoms with Crippen molar-refractivity contribution < 1.29 is 66.3 Å². The highest BCUT2D eigenvalue weighted by atomic mass is 31.2. The molecule has 16 heteroatoms. The second-order valence-electron chi connectivity index (χ2n) is 14.6. The fourth-order valence-electron chi connectivity index (χ4n) is 5.67. The Morgan fingerprint density at radius 1 is 0.586 bits per heavy atom. The summed E-state index contributed by atoms with van der Waals surface area (Å²) in [6, 6.07) is 0. The van der Waals surface area contributed by atoms with Gasteiger partial charge >= 0.3 is 27.6 Å². The van der Waals surface area contributed by atoms with Crippen molar-refractivity contribution in [3.63, 3.8) is 0 Å². The smallest absolute Gasteiger partial charge is 0.462 e. The Labute approximate surface area is 347 Å². The Bertz CT molecular complexity index is 1280. The highest BCUT2D eigenvalue weighted by Crippen LogP contribution is 2.44. The van der Waals surface area contributed by atoms with Gasteiger partial charge < -0.3 is 34.0 Å². The molecule has 0 aliphatic carbocycles. The standard InChI is InChI=1S/C42H74O14P2/c1-3-5-7-9-11-12-13-14-15-16-19-24-28-32-42(45)55-38(36-54-58(49,50)53-34-37(43)33-52-57(46,47)48)35-51-41(44)31-27-23-20-17-18-22-26-30-40-39(56-40)29-25-21-10-8-6-4-2/h12-13,17,20-22,25-26,37-40,43H,3-11,14-16,18-19,23-24,27-36H2,1-2H3,(H,49,50)(H2,46,47,48)/b13-12-,20-17-,25-21-,26-22-/t37-,38+,39?,40?/m0/s1. The molecule has 0 aromatic carbocycles. The van der Waals surface area contributed by atoms with Gasteiger partial charge in [0.1, 0.15) is 12.7 Å². The lowest BCUT2D eigenvalue weighted by atomic mass is 10.1. The van der Waals surface area contributed by atoms with E-state index in [1.165, 1.54) is 44.9 Å². The fourth-order valence-corrected chi connectivity index (χ4v) is 6.83. The quantitative estimate of drug-likeness (QED) is 0.0149. The minimum Gasteiger partial charge on any atom is -0.462 e. The Morgan fingerprint density at radius 2 is 1.07 bits per heavy atom. The van der Waals surface area contributed by atoms with Crippen LogP contribution in [0.25, 0.3) is 0 Å². The van der Waals surface area contributed by atoms with E-state index in [1.54, 1.807) is 0 Å². The minimum absolute atomic E-state index is 0.106. The Morgan fingerprint density at radius 3 is 1.74 bits per heavy atom. The molecule has 1 aliphatic rings. The van der Waals surface area contributed by atoms with Crippen LogP contribution in [0.2, 0.25) is 0 Å². The lowest BCUT2D eigenvalue weighted by Crippen LogP contribution is -2.30. The van der Waals surface area contributed by atoms with E-state index in [9.17, 15) is 28.7 Å². The van der Waals surface area contributed by atoms with Gasteiger partial charge in [0.25, 0.3) is 0 Å². The molecule has 1 fully saturated rings. The van der Waals surface area contributed by atoms with Crippen LogP contribution in [0, 0.1) is 0 Å². The zero-order valence-electron chi connectivity index (χ0n) is 35.1. The van der Waals surface area contributed by atoms with E-state index >= 15 is 0 Å². The Kier molecular flexibility index (Phi) is 32.4. The molecule has 5 atom stereocenters. The second-order valence-corrected chi connectivity index (χ2v) is 17.3. The first-order chi connectivity index (χ1) is 27.8. The predicted molar refractivity (Wildman–Crippen MR) is 225 cm³/mol. The van der Waals surface area contributed by atoms with E-state index in [2.05, 4.69) is 59.4 Å². The highest BCUT2D eigenvalue weighted by molar-refractivity contribution is 7.47. The molecular formula is C42H74O14P2. The van der Waals surface area contributed by atoms with Crippen LogP contribution >= 0.6 is 15.6 Å². The van der Waals surface area contributed by atoms with Gasteiger partial charge in [0.2, 0.25) is 0 Å². The lowest BCUT2D eigenvalue weighted by Gasteiger charge is -2.20. The molecule has 3 unspecified atom stereocenters. The average molecular weight is 865 g/mol. The molecule has 14 nitrogen and oxygen atoms in total. The van der Waals surface area contributed by atoms with Gasteiger partial charge in [-0.15, -0.1) is 0 Å². The first kappa shape index (κ1) is 54.1. The summed E-state index contributed by atoms with van der Waals surface area (Å²) in [6.45, 7) is 1.62. The summed E-state index contributed by atoms with van der Waals surface area (Å²) >= 11 is 0. The number of rotatable bonds is 39. The van der Waals surface area contributed by atoms with Gasteiger partial charge in [-0.3, -0.25) is 23.2 Å². The van der Waals surface area contributed by atoms with Crippen LogP contribution in [0.15, 0.2) is 48.6 Å². The topological polar surface area (TPSA) is 208 Å². The van der Waals surface area contributed by atoms with E-state index in [0.717, 1.165) is 64.2 Å². The predicted octanol–water partition coefficient (Wildman–Crippen LogP) is 9.66. The summed E-state index contributed by atoms with van der Waals surface area (Å²) in [5.74, 6) is -1.12. The van der Waals surface area contributed by atoms with Gasteiger partial charge in [-0.25, -0.2) is 9.13 Å². The molecular weight excluding hydrogens is 790 g/mol. The summed E-state index contributed by atoms with van der Waals surface area (Å²) in [5, 5.41) is 9.74. The van der Waals surface area contributed by atoms with Gasteiger partial charge in [-0.1, -0.05) is 114 Å². The molecule has 0 amide bonds. The first-order valence-electron chi connectivity index (χ1n) is 21.5.